The third kappa shape index (κ3) is 3.52. The van der Waals surface area contributed by atoms with Gasteiger partial charge in [-0.15, -0.1) is 0 Å². The molecule has 1 aliphatic heterocycles. The van der Waals surface area contributed by atoms with E-state index in [0.29, 0.717) is 12.1 Å². The van der Waals surface area contributed by atoms with Crippen LogP contribution in [0.3, 0.4) is 0 Å². The molecule has 2 aromatic carbocycles. The van der Waals surface area contributed by atoms with Gasteiger partial charge in [0.1, 0.15) is 0 Å². The summed E-state index contributed by atoms with van der Waals surface area (Å²) in [6.45, 7) is 2.70. The van der Waals surface area contributed by atoms with Gasteiger partial charge in [-0.25, -0.2) is 18.4 Å². The predicted octanol–water partition coefficient (Wildman–Crippen LogP) is 2.07. The van der Waals surface area contributed by atoms with Crippen molar-refractivity contribution in [2.75, 3.05) is 12.0 Å². The second-order valence-electron chi connectivity index (χ2n) is 6.21. The normalized spacial score (nSPS) is 16.6. The van der Waals surface area contributed by atoms with Crippen LogP contribution < -0.4 is 10.0 Å². The minimum atomic E-state index is -3.71. The first-order valence-electron chi connectivity index (χ1n) is 7.89. The van der Waals surface area contributed by atoms with E-state index in [2.05, 4.69) is 11.8 Å². The van der Waals surface area contributed by atoms with E-state index in [1.165, 1.54) is 13.2 Å². The molecule has 0 amide bonds. The molecule has 0 aliphatic carbocycles. The second kappa shape index (κ2) is 6.50. The first-order chi connectivity index (χ1) is 11.8. The smallest absolute Gasteiger partial charge is 0.337 e. The largest absolute Gasteiger partial charge is 0.465 e. The van der Waals surface area contributed by atoms with E-state index in [4.69, 9.17) is 9.88 Å². The zero-order chi connectivity index (χ0) is 18.2. The number of fused-ring (bicyclic) bond motifs is 1. The van der Waals surface area contributed by atoms with Crippen LogP contribution >= 0.6 is 0 Å². The Labute approximate surface area is 147 Å². The van der Waals surface area contributed by atoms with Gasteiger partial charge in [-0.2, -0.15) is 0 Å². The van der Waals surface area contributed by atoms with Gasteiger partial charge in [-0.3, -0.25) is 0 Å². The highest BCUT2D eigenvalue weighted by Crippen LogP contribution is 2.34. The molecule has 0 radical (unpaired) electrons. The van der Waals surface area contributed by atoms with Crippen LogP contribution in [0.15, 0.2) is 47.4 Å². The molecule has 3 rings (SSSR count). The van der Waals surface area contributed by atoms with Gasteiger partial charge in [0.05, 0.1) is 17.6 Å². The fraction of sp³-hybridized carbons (Fsp3) is 0.278. The van der Waals surface area contributed by atoms with Crippen molar-refractivity contribution in [1.82, 2.24) is 0 Å². The molecule has 0 spiro atoms. The summed E-state index contributed by atoms with van der Waals surface area (Å²) in [6, 6.07) is 12.5. The molecule has 7 heteroatoms. The Morgan fingerprint density at radius 2 is 2.04 bits per heavy atom. The number of primary sulfonamides is 1. The van der Waals surface area contributed by atoms with E-state index in [0.717, 1.165) is 23.2 Å². The number of ether oxygens (including phenoxy) is 1. The highest BCUT2D eigenvalue weighted by molar-refractivity contribution is 7.89. The molecule has 0 saturated heterocycles. The maximum Gasteiger partial charge on any atom is 0.337 e. The third-order valence-electron chi connectivity index (χ3n) is 4.44. The van der Waals surface area contributed by atoms with Gasteiger partial charge < -0.3 is 9.64 Å². The van der Waals surface area contributed by atoms with Crippen LogP contribution in [0.2, 0.25) is 0 Å². The standard InChI is InChI=1S/C18H20N2O4S/c1-12-8-15-10-16(25(19,22)23)6-7-17(15)20(12)11-13-4-3-5-14(9-13)18(21)24-2/h3-7,9-10,12H,8,11H2,1-2H3,(H2,19,22,23)/t12-/m0/s1. The van der Waals surface area contributed by atoms with Crippen molar-refractivity contribution in [3.63, 3.8) is 0 Å². The molecule has 1 aliphatic rings. The summed E-state index contributed by atoms with van der Waals surface area (Å²) in [5.74, 6) is -0.366. The van der Waals surface area contributed by atoms with Gasteiger partial charge in [-0.1, -0.05) is 12.1 Å². The summed E-state index contributed by atoms with van der Waals surface area (Å²) in [5.41, 5.74) is 3.45. The van der Waals surface area contributed by atoms with Crippen LogP contribution in [-0.4, -0.2) is 27.5 Å². The highest BCUT2D eigenvalue weighted by Gasteiger charge is 2.27. The molecule has 2 N–H and O–H groups in total. The Morgan fingerprint density at radius 1 is 1.28 bits per heavy atom. The predicted molar refractivity (Wildman–Crippen MR) is 94.9 cm³/mol. The first-order valence-corrected chi connectivity index (χ1v) is 9.44. The van der Waals surface area contributed by atoms with Gasteiger partial charge in [0.25, 0.3) is 0 Å². The SMILES string of the molecule is COC(=O)c1cccc(CN2c3ccc(S(N)(=O)=O)cc3C[C@@H]2C)c1. The van der Waals surface area contributed by atoms with Gasteiger partial charge in [0.2, 0.25) is 10.0 Å². The van der Waals surface area contributed by atoms with Crippen LogP contribution in [0.1, 0.15) is 28.4 Å². The van der Waals surface area contributed by atoms with E-state index in [-0.39, 0.29) is 16.9 Å². The Bertz CT molecular complexity index is 924. The minimum Gasteiger partial charge on any atom is -0.465 e. The number of nitrogens with two attached hydrogens (primary N) is 1. The molecule has 0 saturated carbocycles. The summed E-state index contributed by atoms with van der Waals surface area (Å²) in [4.78, 5) is 14.0. The molecule has 0 fully saturated rings. The second-order valence-corrected chi connectivity index (χ2v) is 7.77. The highest BCUT2D eigenvalue weighted by atomic mass is 32.2. The molecule has 6 nitrogen and oxygen atoms in total. The molecule has 132 valence electrons. The summed E-state index contributed by atoms with van der Waals surface area (Å²) in [7, 11) is -2.35. The van der Waals surface area contributed by atoms with Crippen molar-refractivity contribution < 1.29 is 17.9 Å². The number of nitrogens with zero attached hydrogens (tertiary/aromatic N) is 1. The van der Waals surface area contributed by atoms with Gasteiger partial charge in [0, 0.05) is 18.3 Å². The lowest BCUT2D eigenvalue weighted by Crippen LogP contribution is -2.28. The molecule has 0 bridgehead atoms. The summed E-state index contributed by atoms with van der Waals surface area (Å²) in [5, 5.41) is 5.22. The fourth-order valence-corrected chi connectivity index (χ4v) is 3.76. The average Bonchev–Trinajstić information content (AvgIpc) is 2.88. The maximum absolute atomic E-state index is 11.7. The Kier molecular flexibility index (Phi) is 4.53. The van der Waals surface area contributed by atoms with E-state index >= 15 is 0 Å². The Morgan fingerprint density at radius 3 is 2.72 bits per heavy atom. The maximum atomic E-state index is 11.7. The molecule has 2 aromatic rings. The van der Waals surface area contributed by atoms with Crippen molar-refractivity contribution in [3.8, 4) is 0 Å². The quantitative estimate of drug-likeness (QED) is 0.843. The Hall–Kier alpha value is -2.38. The molecule has 1 heterocycles. The number of sulfonamides is 1. The lowest BCUT2D eigenvalue weighted by Gasteiger charge is -2.25. The third-order valence-corrected chi connectivity index (χ3v) is 5.35. The number of benzene rings is 2. The number of anilines is 1. The van der Waals surface area contributed by atoms with Crippen LogP contribution in [0, 0.1) is 0 Å². The van der Waals surface area contributed by atoms with Crippen molar-refractivity contribution in [2.24, 2.45) is 5.14 Å². The molecule has 1 atom stereocenters. The van der Waals surface area contributed by atoms with Gasteiger partial charge >= 0.3 is 5.97 Å². The Balaban J connectivity index is 1.89. The van der Waals surface area contributed by atoms with Crippen LogP contribution in [0.25, 0.3) is 0 Å². The molecule has 0 unspecified atom stereocenters. The van der Waals surface area contributed by atoms with Crippen LogP contribution in [0.4, 0.5) is 5.69 Å². The van der Waals surface area contributed by atoms with E-state index in [1.807, 2.05) is 18.2 Å². The van der Waals surface area contributed by atoms with Crippen LogP contribution in [0.5, 0.6) is 0 Å². The van der Waals surface area contributed by atoms with Crippen molar-refractivity contribution in [1.29, 1.82) is 0 Å². The molecular formula is C18H20N2O4S. The fourth-order valence-electron chi connectivity index (χ4n) is 3.20. The first kappa shape index (κ1) is 17.4. The van der Waals surface area contributed by atoms with Crippen molar-refractivity contribution in [3.05, 3.63) is 59.2 Å². The van der Waals surface area contributed by atoms with E-state index < -0.39 is 10.0 Å². The summed E-state index contributed by atoms with van der Waals surface area (Å²) < 4.78 is 27.8. The number of carbonyl (C=O) groups is 1. The zero-order valence-corrected chi connectivity index (χ0v) is 14.9. The molecule has 25 heavy (non-hydrogen) atoms. The van der Waals surface area contributed by atoms with E-state index in [9.17, 15) is 13.2 Å². The number of hydrogen-bond donors (Lipinski definition) is 1. The lowest BCUT2D eigenvalue weighted by molar-refractivity contribution is 0.0600. The molecule has 0 aromatic heterocycles. The number of carbonyl (C=O) groups excluding carboxylic acids is 1. The van der Waals surface area contributed by atoms with E-state index in [1.54, 1.807) is 18.2 Å². The lowest BCUT2D eigenvalue weighted by atomic mass is 10.1. The number of rotatable bonds is 4. The van der Waals surface area contributed by atoms with Gasteiger partial charge in [-0.05, 0) is 54.8 Å². The number of methoxy groups -OCH3 is 1. The number of hydrogen-bond acceptors (Lipinski definition) is 5. The molecular weight excluding hydrogens is 340 g/mol. The topological polar surface area (TPSA) is 89.7 Å². The minimum absolute atomic E-state index is 0.132. The summed E-state index contributed by atoms with van der Waals surface area (Å²) in [6.07, 6.45) is 0.745. The number of esters is 1. The summed E-state index contributed by atoms with van der Waals surface area (Å²) >= 11 is 0. The zero-order valence-electron chi connectivity index (χ0n) is 14.1. The van der Waals surface area contributed by atoms with Crippen molar-refractivity contribution >= 4 is 21.7 Å². The average molecular weight is 360 g/mol. The monoisotopic (exact) mass is 360 g/mol. The van der Waals surface area contributed by atoms with Gasteiger partial charge in [0.15, 0.2) is 0 Å². The van der Waals surface area contributed by atoms with Crippen molar-refractivity contribution in [2.45, 2.75) is 30.8 Å². The van der Waals surface area contributed by atoms with Crippen LogP contribution in [-0.2, 0) is 27.7 Å².